The average molecular weight is 283 g/mol. The summed E-state index contributed by atoms with van der Waals surface area (Å²) in [5.74, 6) is 0.960. The number of aromatic nitrogens is 1. The van der Waals surface area contributed by atoms with Crippen molar-refractivity contribution >= 4 is 5.82 Å². The number of rotatable bonds is 7. The smallest absolute Gasteiger partial charge is 0.125 e. The molecule has 21 heavy (non-hydrogen) atoms. The molecule has 1 N–H and O–H groups in total. The third kappa shape index (κ3) is 5.20. The Morgan fingerprint density at radius 1 is 1.10 bits per heavy atom. The molecule has 0 atom stereocenters. The lowest BCUT2D eigenvalue weighted by Crippen LogP contribution is -2.17. The van der Waals surface area contributed by atoms with Crippen LogP contribution in [0.5, 0.6) is 0 Å². The van der Waals surface area contributed by atoms with E-state index in [1.807, 2.05) is 6.20 Å². The Bertz CT molecular complexity index is 549. The first-order valence-electron chi connectivity index (χ1n) is 7.60. The van der Waals surface area contributed by atoms with Crippen LogP contribution in [0.1, 0.15) is 30.0 Å². The van der Waals surface area contributed by atoms with E-state index in [0.717, 1.165) is 31.9 Å². The average Bonchev–Trinajstić information content (AvgIpc) is 2.46. The predicted molar refractivity (Wildman–Crippen MR) is 89.4 cm³/mol. The van der Waals surface area contributed by atoms with E-state index >= 15 is 0 Å². The molecule has 0 unspecified atom stereocenters. The van der Waals surface area contributed by atoms with E-state index in [-0.39, 0.29) is 0 Å². The lowest BCUT2D eigenvalue weighted by Gasteiger charge is -2.17. The summed E-state index contributed by atoms with van der Waals surface area (Å²) in [6.07, 6.45) is 3.08. The Hall–Kier alpha value is -1.87. The van der Waals surface area contributed by atoms with Crippen molar-refractivity contribution in [3.8, 4) is 0 Å². The second kappa shape index (κ2) is 7.79. The molecular weight excluding hydrogens is 258 g/mol. The van der Waals surface area contributed by atoms with Gasteiger partial charge in [0.2, 0.25) is 0 Å². The molecule has 3 nitrogen and oxygen atoms in total. The normalized spacial score (nSPS) is 10.9. The van der Waals surface area contributed by atoms with Crippen molar-refractivity contribution in [1.29, 1.82) is 0 Å². The second-order valence-corrected chi connectivity index (χ2v) is 5.64. The molecule has 0 amide bonds. The van der Waals surface area contributed by atoms with Gasteiger partial charge in [-0.25, -0.2) is 4.98 Å². The van der Waals surface area contributed by atoms with Crippen LogP contribution in [0.15, 0.2) is 42.6 Å². The first kappa shape index (κ1) is 15.5. The summed E-state index contributed by atoms with van der Waals surface area (Å²) < 4.78 is 0. The summed E-state index contributed by atoms with van der Waals surface area (Å²) in [4.78, 5) is 6.76. The molecule has 112 valence electrons. The highest BCUT2D eigenvalue weighted by Gasteiger charge is 2.03. The Morgan fingerprint density at radius 3 is 2.57 bits per heavy atom. The molecule has 1 aromatic carbocycles. The standard InChI is InChI=1S/C18H25N3/c1-4-10-19-18-9-8-17(12-20-18)14-21(3)13-16-7-5-6-15(2)11-16/h5-9,11-12H,4,10,13-14H2,1-3H3,(H,19,20). The van der Waals surface area contributed by atoms with Gasteiger partial charge >= 0.3 is 0 Å². The number of benzene rings is 1. The minimum atomic E-state index is 0.912. The fraction of sp³-hybridized carbons (Fsp3) is 0.389. The lowest BCUT2D eigenvalue weighted by molar-refractivity contribution is 0.318. The lowest BCUT2D eigenvalue weighted by atomic mass is 10.1. The van der Waals surface area contributed by atoms with Gasteiger partial charge in [0, 0.05) is 25.8 Å². The van der Waals surface area contributed by atoms with Crippen molar-refractivity contribution in [2.24, 2.45) is 0 Å². The summed E-state index contributed by atoms with van der Waals surface area (Å²) >= 11 is 0. The van der Waals surface area contributed by atoms with E-state index in [9.17, 15) is 0 Å². The molecule has 0 aliphatic carbocycles. The molecule has 0 bridgehead atoms. The SMILES string of the molecule is CCCNc1ccc(CN(C)Cc2cccc(C)c2)cn1. The van der Waals surface area contributed by atoms with Crippen LogP contribution in [0, 0.1) is 6.92 Å². The van der Waals surface area contributed by atoms with Crippen molar-refractivity contribution in [2.45, 2.75) is 33.4 Å². The zero-order valence-electron chi connectivity index (χ0n) is 13.3. The van der Waals surface area contributed by atoms with Crippen molar-refractivity contribution in [3.63, 3.8) is 0 Å². The molecular formula is C18H25N3. The molecule has 0 fully saturated rings. The van der Waals surface area contributed by atoms with Crippen LogP contribution in [0.4, 0.5) is 5.82 Å². The van der Waals surface area contributed by atoms with E-state index in [0.29, 0.717) is 0 Å². The summed E-state index contributed by atoms with van der Waals surface area (Å²) in [5, 5.41) is 3.30. The van der Waals surface area contributed by atoms with Gasteiger partial charge < -0.3 is 5.32 Å². The highest BCUT2D eigenvalue weighted by atomic mass is 15.1. The Kier molecular flexibility index (Phi) is 5.76. The van der Waals surface area contributed by atoms with Crippen LogP contribution in [0.2, 0.25) is 0 Å². The van der Waals surface area contributed by atoms with Crippen LogP contribution < -0.4 is 5.32 Å². The van der Waals surface area contributed by atoms with Gasteiger partial charge in [-0.2, -0.15) is 0 Å². The molecule has 3 heteroatoms. The first-order chi connectivity index (χ1) is 10.2. The number of hydrogen-bond acceptors (Lipinski definition) is 3. The molecule has 2 aromatic rings. The Balaban J connectivity index is 1.88. The monoisotopic (exact) mass is 283 g/mol. The quantitative estimate of drug-likeness (QED) is 0.836. The van der Waals surface area contributed by atoms with Crippen molar-refractivity contribution in [2.75, 3.05) is 18.9 Å². The van der Waals surface area contributed by atoms with Crippen LogP contribution in [0.3, 0.4) is 0 Å². The zero-order chi connectivity index (χ0) is 15.1. The number of nitrogens with zero attached hydrogens (tertiary/aromatic N) is 2. The maximum atomic E-state index is 4.45. The van der Waals surface area contributed by atoms with Crippen LogP contribution in [0.25, 0.3) is 0 Å². The topological polar surface area (TPSA) is 28.2 Å². The van der Waals surface area contributed by atoms with Gasteiger partial charge in [0.15, 0.2) is 0 Å². The van der Waals surface area contributed by atoms with Gasteiger partial charge in [0.05, 0.1) is 0 Å². The van der Waals surface area contributed by atoms with Crippen LogP contribution in [-0.4, -0.2) is 23.5 Å². The number of anilines is 1. The summed E-state index contributed by atoms with van der Waals surface area (Å²) in [7, 11) is 2.14. The second-order valence-electron chi connectivity index (χ2n) is 5.64. The predicted octanol–water partition coefficient (Wildman–Crippen LogP) is 3.84. The number of nitrogens with one attached hydrogen (secondary N) is 1. The van der Waals surface area contributed by atoms with E-state index in [1.165, 1.54) is 16.7 Å². The highest BCUT2D eigenvalue weighted by Crippen LogP contribution is 2.11. The van der Waals surface area contributed by atoms with E-state index < -0.39 is 0 Å². The fourth-order valence-electron chi connectivity index (χ4n) is 2.37. The molecule has 1 aromatic heterocycles. The Labute approximate surface area is 128 Å². The number of aryl methyl sites for hydroxylation is 1. The molecule has 0 aliphatic heterocycles. The van der Waals surface area contributed by atoms with E-state index in [4.69, 9.17) is 0 Å². The van der Waals surface area contributed by atoms with Gasteiger partial charge in [-0.05, 0) is 37.6 Å². The molecule has 0 spiro atoms. The largest absolute Gasteiger partial charge is 0.370 e. The third-order valence-corrected chi connectivity index (χ3v) is 3.37. The van der Waals surface area contributed by atoms with Gasteiger partial charge in [-0.15, -0.1) is 0 Å². The molecule has 0 aliphatic rings. The van der Waals surface area contributed by atoms with Gasteiger partial charge in [0.1, 0.15) is 5.82 Å². The molecule has 0 saturated heterocycles. The van der Waals surface area contributed by atoms with Gasteiger partial charge in [-0.3, -0.25) is 4.90 Å². The maximum Gasteiger partial charge on any atom is 0.125 e. The van der Waals surface area contributed by atoms with E-state index in [2.05, 4.69) is 72.5 Å². The minimum Gasteiger partial charge on any atom is -0.370 e. The Morgan fingerprint density at radius 2 is 1.90 bits per heavy atom. The molecule has 0 saturated carbocycles. The first-order valence-corrected chi connectivity index (χ1v) is 7.60. The molecule has 2 rings (SSSR count). The van der Waals surface area contributed by atoms with Crippen LogP contribution in [-0.2, 0) is 13.1 Å². The number of hydrogen-bond donors (Lipinski definition) is 1. The summed E-state index contributed by atoms with van der Waals surface area (Å²) in [6, 6.07) is 12.9. The van der Waals surface area contributed by atoms with Crippen LogP contribution >= 0.6 is 0 Å². The fourth-order valence-corrected chi connectivity index (χ4v) is 2.37. The van der Waals surface area contributed by atoms with E-state index in [1.54, 1.807) is 0 Å². The van der Waals surface area contributed by atoms with Crippen molar-refractivity contribution < 1.29 is 0 Å². The maximum absolute atomic E-state index is 4.45. The van der Waals surface area contributed by atoms with Gasteiger partial charge in [-0.1, -0.05) is 42.8 Å². The van der Waals surface area contributed by atoms with Crippen molar-refractivity contribution in [3.05, 3.63) is 59.3 Å². The summed E-state index contributed by atoms with van der Waals surface area (Å²) in [5.41, 5.74) is 3.91. The molecule has 1 heterocycles. The van der Waals surface area contributed by atoms with Crippen molar-refractivity contribution in [1.82, 2.24) is 9.88 Å². The number of pyridine rings is 1. The summed E-state index contributed by atoms with van der Waals surface area (Å²) in [6.45, 7) is 7.13. The highest BCUT2D eigenvalue weighted by molar-refractivity contribution is 5.35. The molecule has 0 radical (unpaired) electrons. The zero-order valence-corrected chi connectivity index (χ0v) is 13.3. The third-order valence-electron chi connectivity index (χ3n) is 3.37. The minimum absolute atomic E-state index is 0.912. The van der Waals surface area contributed by atoms with Gasteiger partial charge in [0.25, 0.3) is 0 Å².